The number of hydrogen-bond donors (Lipinski definition) is 1. The molecule has 0 aliphatic rings. The Labute approximate surface area is 149 Å². The molecule has 26 heavy (non-hydrogen) atoms. The van der Waals surface area contributed by atoms with E-state index in [-0.39, 0.29) is 16.8 Å². The molecular weight excluding hydrogens is 336 g/mol. The number of nitriles is 1. The number of ketones is 1. The average molecular weight is 354 g/mol. The van der Waals surface area contributed by atoms with Gasteiger partial charge in [0, 0.05) is 12.3 Å². The normalized spacial score (nSPS) is 11.6. The first-order valence-electron chi connectivity index (χ1n) is 7.95. The van der Waals surface area contributed by atoms with E-state index in [1.807, 2.05) is 6.92 Å². The Morgan fingerprint density at radius 1 is 1.42 bits per heavy atom. The highest BCUT2D eigenvalue weighted by molar-refractivity contribution is 6.06. The van der Waals surface area contributed by atoms with Gasteiger partial charge in [0.05, 0.1) is 22.7 Å². The van der Waals surface area contributed by atoms with Crippen molar-refractivity contribution in [2.45, 2.75) is 27.3 Å². The summed E-state index contributed by atoms with van der Waals surface area (Å²) in [7, 11) is 0. The molecule has 2 aromatic rings. The molecule has 1 atom stereocenters. The minimum Gasteiger partial charge on any atom is -0.454 e. The summed E-state index contributed by atoms with van der Waals surface area (Å²) in [5.74, 6) is -2.61. The molecule has 0 unspecified atom stereocenters. The molecule has 0 saturated heterocycles. The van der Waals surface area contributed by atoms with Crippen LogP contribution >= 0.6 is 0 Å². The van der Waals surface area contributed by atoms with Gasteiger partial charge in [-0.2, -0.15) is 5.26 Å². The van der Waals surface area contributed by atoms with Crippen LogP contribution in [-0.4, -0.2) is 33.6 Å². The van der Waals surface area contributed by atoms with Crippen LogP contribution in [0.4, 0.5) is 0 Å². The molecule has 0 bridgehead atoms. The smallest absolute Gasteiger partial charge is 0.338 e. The average Bonchev–Trinajstić information content (AvgIpc) is 2.60. The van der Waals surface area contributed by atoms with Crippen LogP contribution in [0.2, 0.25) is 0 Å². The van der Waals surface area contributed by atoms with Crippen molar-refractivity contribution in [2.75, 3.05) is 6.61 Å². The SMILES string of the molecule is CCn1c(=O)c(C)nc2cc(C(=O)OCC(=O)[C@H](C#N)C(C)=N)ccc21. The summed E-state index contributed by atoms with van der Waals surface area (Å²) in [5, 5.41) is 16.3. The molecule has 0 saturated carbocycles. The number of hydrogen-bond acceptors (Lipinski definition) is 7. The second kappa shape index (κ2) is 7.70. The van der Waals surface area contributed by atoms with Crippen LogP contribution < -0.4 is 5.56 Å². The zero-order valence-corrected chi connectivity index (χ0v) is 14.7. The molecule has 1 heterocycles. The van der Waals surface area contributed by atoms with Gasteiger partial charge in [-0.25, -0.2) is 9.78 Å². The fourth-order valence-electron chi connectivity index (χ4n) is 2.53. The lowest BCUT2D eigenvalue weighted by atomic mass is 10.0. The van der Waals surface area contributed by atoms with Gasteiger partial charge < -0.3 is 14.7 Å². The summed E-state index contributed by atoms with van der Waals surface area (Å²) in [6, 6.07) is 6.29. The van der Waals surface area contributed by atoms with Gasteiger partial charge in [-0.1, -0.05) is 0 Å². The highest BCUT2D eigenvalue weighted by Gasteiger charge is 2.22. The predicted molar refractivity (Wildman–Crippen MR) is 94.2 cm³/mol. The van der Waals surface area contributed by atoms with Crippen LogP contribution in [0.5, 0.6) is 0 Å². The van der Waals surface area contributed by atoms with Crippen LogP contribution in [0.25, 0.3) is 11.0 Å². The number of aryl methyl sites for hydroxylation is 2. The van der Waals surface area contributed by atoms with Gasteiger partial charge in [-0.3, -0.25) is 9.59 Å². The van der Waals surface area contributed by atoms with Crippen LogP contribution in [0.3, 0.4) is 0 Å². The van der Waals surface area contributed by atoms with E-state index in [1.165, 1.54) is 19.1 Å². The standard InChI is InChI=1S/C18H18N4O4/c1-4-22-15-6-5-12(7-14(15)21-11(3)17(22)24)18(25)26-9-16(23)13(8-19)10(2)20/h5-7,13,20H,4,9H2,1-3H3/t13-/m1/s1. The maximum absolute atomic E-state index is 12.2. The molecule has 1 aromatic carbocycles. The first-order valence-corrected chi connectivity index (χ1v) is 7.95. The van der Waals surface area contributed by atoms with E-state index in [0.29, 0.717) is 23.3 Å². The second-order valence-electron chi connectivity index (χ2n) is 5.74. The van der Waals surface area contributed by atoms with Gasteiger partial charge in [-0.05, 0) is 39.0 Å². The van der Waals surface area contributed by atoms with Crippen LogP contribution in [0, 0.1) is 29.6 Å². The Morgan fingerprint density at radius 3 is 2.69 bits per heavy atom. The van der Waals surface area contributed by atoms with E-state index < -0.39 is 24.3 Å². The van der Waals surface area contributed by atoms with Crippen LogP contribution in [-0.2, 0) is 16.1 Å². The van der Waals surface area contributed by atoms with Gasteiger partial charge in [0.25, 0.3) is 5.56 Å². The summed E-state index contributed by atoms with van der Waals surface area (Å²) in [5.41, 5.74) is 1.27. The van der Waals surface area contributed by atoms with Crippen molar-refractivity contribution >= 4 is 28.5 Å². The zero-order valence-electron chi connectivity index (χ0n) is 14.7. The first-order chi connectivity index (χ1) is 12.3. The minimum atomic E-state index is -1.22. The Balaban J connectivity index is 2.25. The number of nitrogens with zero attached hydrogens (tertiary/aromatic N) is 3. The summed E-state index contributed by atoms with van der Waals surface area (Å²) >= 11 is 0. The maximum Gasteiger partial charge on any atom is 0.338 e. The van der Waals surface area contributed by atoms with Crippen molar-refractivity contribution in [1.29, 1.82) is 10.7 Å². The third-order valence-electron chi connectivity index (χ3n) is 3.89. The van der Waals surface area contributed by atoms with Gasteiger partial charge in [-0.15, -0.1) is 0 Å². The molecule has 0 aliphatic heterocycles. The second-order valence-corrected chi connectivity index (χ2v) is 5.74. The Bertz CT molecular complexity index is 1000. The van der Waals surface area contributed by atoms with Gasteiger partial charge in [0.2, 0.25) is 0 Å². The molecule has 0 amide bonds. The maximum atomic E-state index is 12.2. The quantitative estimate of drug-likeness (QED) is 0.620. The minimum absolute atomic E-state index is 0.100. The van der Waals surface area contributed by atoms with E-state index >= 15 is 0 Å². The lowest BCUT2D eigenvalue weighted by Gasteiger charge is -2.10. The number of Topliss-reactive ketones (excluding diaryl/α,β-unsaturated/α-hetero) is 1. The topological polar surface area (TPSA) is 126 Å². The molecule has 1 aromatic heterocycles. The number of rotatable bonds is 6. The predicted octanol–water partition coefficient (Wildman–Crippen LogP) is 1.63. The lowest BCUT2D eigenvalue weighted by molar-refractivity contribution is -0.122. The van der Waals surface area contributed by atoms with Crippen LogP contribution in [0.15, 0.2) is 23.0 Å². The van der Waals surface area contributed by atoms with Crippen molar-refractivity contribution in [3.63, 3.8) is 0 Å². The third kappa shape index (κ3) is 3.67. The van der Waals surface area contributed by atoms with E-state index in [9.17, 15) is 14.4 Å². The molecule has 0 fully saturated rings. The number of nitrogens with one attached hydrogen (secondary N) is 1. The first kappa shape index (κ1) is 19.0. The van der Waals surface area contributed by atoms with E-state index in [4.69, 9.17) is 15.4 Å². The number of carbonyl (C=O) groups excluding carboxylic acids is 2. The molecule has 0 spiro atoms. The third-order valence-corrected chi connectivity index (χ3v) is 3.89. The van der Waals surface area contributed by atoms with Gasteiger partial charge >= 0.3 is 5.97 Å². The monoisotopic (exact) mass is 354 g/mol. The van der Waals surface area contributed by atoms with E-state index in [2.05, 4.69) is 4.98 Å². The van der Waals surface area contributed by atoms with Crippen molar-refractivity contribution in [3.05, 3.63) is 39.8 Å². The fraction of sp³-hybridized carbons (Fsp3) is 0.333. The van der Waals surface area contributed by atoms with Crippen molar-refractivity contribution < 1.29 is 14.3 Å². The Hall–Kier alpha value is -3.34. The number of aromatic nitrogens is 2. The number of ether oxygens (including phenoxy) is 1. The highest BCUT2D eigenvalue weighted by Crippen LogP contribution is 2.14. The van der Waals surface area contributed by atoms with Crippen molar-refractivity contribution in [3.8, 4) is 6.07 Å². The molecule has 1 N–H and O–H groups in total. The molecule has 8 heteroatoms. The van der Waals surface area contributed by atoms with Gasteiger partial charge in [0.1, 0.15) is 11.6 Å². The number of fused-ring (bicyclic) bond motifs is 1. The van der Waals surface area contributed by atoms with E-state index in [1.54, 1.807) is 23.6 Å². The highest BCUT2D eigenvalue weighted by atomic mass is 16.5. The number of benzene rings is 1. The van der Waals surface area contributed by atoms with Gasteiger partial charge in [0.15, 0.2) is 12.4 Å². The molecule has 0 radical (unpaired) electrons. The molecular formula is C18H18N4O4. The molecule has 0 aliphatic carbocycles. The number of esters is 1. The van der Waals surface area contributed by atoms with E-state index in [0.717, 1.165) is 0 Å². The lowest BCUT2D eigenvalue weighted by Crippen LogP contribution is -2.25. The Kier molecular flexibility index (Phi) is 5.62. The molecule has 2 rings (SSSR count). The molecule has 134 valence electrons. The summed E-state index contributed by atoms with van der Waals surface area (Å²) in [6.07, 6.45) is 0. The fourth-order valence-corrected chi connectivity index (χ4v) is 2.53. The molecule has 8 nitrogen and oxygen atoms in total. The summed E-state index contributed by atoms with van der Waals surface area (Å²) in [4.78, 5) is 40.3. The zero-order chi connectivity index (χ0) is 19.4. The van der Waals surface area contributed by atoms with Crippen molar-refractivity contribution in [1.82, 2.24) is 9.55 Å². The Morgan fingerprint density at radius 2 is 2.12 bits per heavy atom. The largest absolute Gasteiger partial charge is 0.454 e. The van der Waals surface area contributed by atoms with Crippen molar-refractivity contribution in [2.24, 2.45) is 5.92 Å². The summed E-state index contributed by atoms with van der Waals surface area (Å²) in [6.45, 7) is 4.66. The summed E-state index contributed by atoms with van der Waals surface area (Å²) < 4.78 is 6.51. The van der Waals surface area contributed by atoms with Crippen LogP contribution in [0.1, 0.15) is 29.9 Å². The number of carbonyl (C=O) groups is 2.